The topological polar surface area (TPSA) is 66.8 Å². The first-order valence-electron chi connectivity index (χ1n) is 8.32. The normalized spacial score (nSPS) is 20.9. The summed E-state index contributed by atoms with van der Waals surface area (Å²) in [5, 5.41) is 9.60. The average Bonchev–Trinajstić information content (AvgIpc) is 2.61. The average molecular weight is 339 g/mol. The van der Waals surface area contributed by atoms with Crippen LogP contribution in [0.1, 0.15) is 25.5 Å². The van der Waals surface area contributed by atoms with Crippen molar-refractivity contribution in [1.29, 1.82) is 0 Å². The lowest BCUT2D eigenvalue weighted by atomic mass is 9.86. The minimum absolute atomic E-state index is 0.203. The van der Waals surface area contributed by atoms with Crippen LogP contribution >= 0.6 is 0 Å². The van der Waals surface area contributed by atoms with Crippen LogP contribution in [0, 0.1) is 5.92 Å². The largest absolute Gasteiger partial charge is 0.480 e. The van der Waals surface area contributed by atoms with Crippen molar-refractivity contribution in [2.45, 2.75) is 32.0 Å². The van der Waals surface area contributed by atoms with Gasteiger partial charge >= 0.3 is 5.97 Å². The van der Waals surface area contributed by atoms with E-state index in [1.165, 1.54) is 4.90 Å². The van der Waals surface area contributed by atoms with E-state index in [4.69, 9.17) is 4.74 Å². The lowest BCUT2D eigenvalue weighted by molar-refractivity contribution is -0.179. The van der Waals surface area contributed by atoms with Gasteiger partial charge in [0, 0.05) is 0 Å². The van der Waals surface area contributed by atoms with Crippen LogP contribution in [0.3, 0.4) is 0 Å². The number of ether oxygens (including phenoxy) is 1. The predicted octanol–water partition coefficient (Wildman–Crippen LogP) is 3.13. The Balaban J connectivity index is 1.94. The molecule has 0 saturated carbocycles. The summed E-state index contributed by atoms with van der Waals surface area (Å²) >= 11 is 0. The molecular formula is C20H21NO4. The maximum Gasteiger partial charge on any atom is 0.326 e. The fraction of sp³-hybridized carbons (Fsp3) is 0.300. The number of likely N-dealkylation sites (tertiary alicyclic amines) is 1. The number of para-hydroxylation sites is 1. The molecular weight excluding hydrogens is 318 g/mol. The molecule has 0 bridgehead atoms. The number of hydrogen-bond donors (Lipinski definition) is 1. The highest BCUT2D eigenvalue weighted by Gasteiger charge is 2.55. The van der Waals surface area contributed by atoms with Gasteiger partial charge in [-0.3, -0.25) is 4.79 Å². The van der Waals surface area contributed by atoms with Crippen molar-refractivity contribution in [2.24, 2.45) is 5.92 Å². The summed E-state index contributed by atoms with van der Waals surface area (Å²) in [6, 6.07) is 17.2. The zero-order valence-electron chi connectivity index (χ0n) is 14.2. The van der Waals surface area contributed by atoms with Crippen molar-refractivity contribution in [2.75, 3.05) is 0 Å². The number of carboxylic acid groups (broad SMARTS) is 1. The first-order valence-corrected chi connectivity index (χ1v) is 8.32. The number of hydrogen-bond acceptors (Lipinski definition) is 3. The van der Waals surface area contributed by atoms with Gasteiger partial charge < -0.3 is 14.7 Å². The van der Waals surface area contributed by atoms with E-state index in [1.807, 2.05) is 48.5 Å². The second-order valence-electron chi connectivity index (χ2n) is 6.48. The van der Waals surface area contributed by atoms with Crippen molar-refractivity contribution >= 4 is 11.9 Å². The second-order valence-corrected chi connectivity index (χ2v) is 6.48. The Morgan fingerprint density at radius 3 is 2.12 bits per heavy atom. The summed E-state index contributed by atoms with van der Waals surface area (Å²) in [5.74, 6) is -0.899. The lowest BCUT2D eigenvalue weighted by Gasteiger charge is -2.50. The van der Waals surface area contributed by atoms with Gasteiger partial charge in [0.2, 0.25) is 6.10 Å². The Morgan fingerprint density at radius 2 is 1.60 bits per heavy atom. The summed E-state index contributed by atoms with van der Waals surface area (Å²) in [4.78, 5) is 25.9. The number of carboxylic acids is 1. The highest BCUT2D eigenvalue weighted by Crippen LogP contribution is 2.40. The Kier molecular flexibility index (Phi) is 4.74. The predicted molar refractivity (Wildman–Crippen MR) is 93.1 cm³/mol. The molecule has 2 aromatic rings. The molecule has 1 fully saturated rings. The maximum atomic E-state index is 12.7. The minimum Gasteiger partial charge on any atom is -0.480 e. The van der Waals surface area contributed by atoms with Crippen LogP contribution in [-0.4, -0.2) is 34.0 Å². The number of nitrogens with zero attached hydrogens (tertiary/aromatic N) is 1. The van der Waals surface area contributed by atoms with Gasteiger partial charge in [-0.2, -0.15) is 0 Å². The third kappa shape index (κ3) is 3.22. The SMILES string of the molecule is CC(C)[C@@H](C(=O)O)N1C(=O)[C@H](Oc2ccccc2)[C@@H]1c1ccccc1. The minimum atomic E-state index is -0.998. The number of rotatable bonds is 6. The monoisotopic (exact) mass is 339 g/mol. The Bertz CT molecular complexity index is 745. The summed E-state index contributed by atoms with van der Waals surface area (Å²) in [5.41, 5.74) is 0.870. The molecule has 3 atom stereocenters. The molecule has 25 heavy (non-hydrogen) atoms. The van der Waals surface area contributed by atoms with Crippen LogP contribution in [0.25, 0.3) is 0 Å². The molecule has 5 nitrogen and oxygen atoms in total. The van der Waals surface area contributed by atoms with Gasteiger partial charge in [-0.15, -0.1) is 0 Å². The molecule has 1 amide bonds. The van der Waals surface area contributed by atoms with E-state index in [1.54, 1.807) is 26.0 Å². The van der Waals surface area contributed by atoms with Crippen molar-refractivity contribution in [3.05, 3.63) is 66.2 Å². The highest BCUT2D eigenvalue weighted by molar-refractivity contribution is 5.93. The second kappa shape index (κ2) is 6.97. The molecule has 1 N–H and O–H groups in total. The molecule has 1 aliphatic rings. The molecule has 1 aliphatic heterocycles. The van der Waals surface area contributed by atoms with Gasteiger partial charge in [0.25, 0.3) is 5.91 Å². The standard InChI is InChI=1S/C20H21NO4/c1-13(2)16(20(23)24)21-17(14-9-5-3-6-10-14)18(19(21)22)25-15-11-7-4-8-12-15/h3-13,16-18H,1-2H3,(H,23,24)/t16-,17-,18+/m0/s1. The van der Waals surface area contributed by atoms with Gasteiger partial charge in [0.05, 0.1) is 0 Å². The number of benzene rings is 2. The van der Waals surface area contributed by atoms with E-state index < -0.39 is 24.2 Å². The van der Waals surface area contributed by atoms with Crippen molar-refractivity contribution in [1.82, 2.24) is 4.90 Å². The van der Waals surface area contributed by atoms with Crippen LogP contribution < -0.4 is 4.74 Å². The highest BCUT2D eigenvalue weighted by atomic mass is 16.5. The molecule has 2 aromatic carbocycles. The summed E-state index contributed by atoms with van der Waals surface area (Å²) in [6.07, 6.45) is -0.717. The van der Waals surface area contributed by atoms with Crippen LogP contribution in [0.4, 0.5) is 0 Å². The molecule has 0 spiro atoms. The van der Waals surface area contributed by atoms with E-state index in [0.29, 0.717) is 5.75 Å². The van der Waals surface area contributed by atoms with Gasteiger partial charge in [-0.25, -0.2) is 4.79 Å². The Hall–Kier alpha value is -2.82. The maximum absolute atomic E-state index is 12.7. The van der Waals surface area contributed by atoms with Crippen LogP contribution in [0.15, 0.2) is 60.7 Å². The van der Waals surface area contributed by atoms with E-state index >= 15 is 0 Å². The van der Waals surface area contributed by atoms with Crippen LogP contribution in [0.5, 0.6) is 5.75 Å². The number of aliphatic carboxylic acids is 1. The molecule has 1 saturated heterocycles. The fourth-order valence-electron chi connectivity index (χ4n) is 3.26. The van der Waals surface area contributed by atoms with E-state index in [-0.39, 0.29) is 11.8 Å². The molecule has 0 unspecified atom stereocenters. The zero-order valence-corrected chi connectivity index (χ0v) is 14.2. The molecule has 0 aliphatic carbocycles. The summed E-state index contributed by atoms with van der Waals surface area (Å²) < 4.78 is 5.89. The third-order valence-corrected chi connectivity index (χ3v) is 4.42. The van der Waals surface area contributed by atoms with Gasteiger partial charge in [0.1, 0.15) is 17.8 Å². The summed E-state index contributed by atoms with van der Waals surface area (Å²) in [7, 11) is 0. The zero-order chi connectivity index (χ0) is 18.0. The number of amides is 1. The smallest absolute Gasteiger partial charge is 0.326 e. The fourth-order valence-corrected chi connectivity index (χ4v) is 3.26. The molecule has 3 rings (SSSR count). The Morgan fingerprint density at radius 1 is 1.04 bits per heavy atom. The van der Waals surface area contributed by atoms with Gasteiger partial charge in [0.15, 0.2) is 0 Å². The lowest BCUT2D eigenvalue weighted by Crippen LogP contribution is -2.67. The molecule has 0 aromatic heterocycles. The molecule has 0 radical (unpaired) electrons. The van der Waals surface area contributed by atoms with E-state index in [0.717, 1.165) is 5.56 Å². The van der Waals surface area contributed by atoms with E-state index in [2.05, 4.69) is 0 Å². The number of β-lactam (4-membered cyclic amide) rings is 1. The quantitative estimate of drug-likeness (QED) is 0.821. The number of carbonyl (C=O) groups excluding carboxylic acids is 1. The van der Waals surface area contributed by atoms with Crippen molar-refractivity contribution in [3.8, 4) is 5.75 Å². The van der Waals surface area contributed by atoms with Crippen molar-refractivity contribution in [3.63, 3.8) is 0 Å². The molecule has 5 heteroatoms. The van der Waals surface area contributed by atoms with Crippen LogP contribution in [0.2, 0.25) is 0 Å². The Labute approximate surface area is 146 Å². The van der Waals surface area contributed by atoms with Crippen LogP contribution in [-0.2, 0) is 9.59 Å². The first-order chi connectivity index (χ1) is 12.0. The van der Waals surface area contributed by atoms with Crippen molar-refractivity contribution < 1.29 is 19.4 Å². The van der Waals surface area contributed by atoms with E-state index in [9.17, 15) is 14.7 Å². The molecule has 1 heterocycles. The summed E-state index contributed by atoms with van der Waals surface area (Å²) in [6.45, 7) is 3.61. The van der Waals surface area contributed by atoms with Gasteiger partial charge in [-0.1, -0.05) is 62.4 Å². The van der Waals surface area contributed by atoms with Gasteiger partial charge in [-0.05, 0) is 23.6 Å². The first kappa shape index (κ1) is 17.0. The third-order valence-electron chi connectivity index (χ3n) is 4.42. The molecule has 130 valence electrons. The number of carbonyl (C=O) groups is 2.